The molecule has 0 aromatic carbocycles. The summed E-state index contributed by atoms with van der Waals surface area (Å²) in [5, 5.41) is 12.0. The van der Waals surface area contributed by atoms with Crippen molar-refractivity contribution in [3.05, 3.63) is 0 Å². The van der Waals surface area contributed by atoms with Crippen LogP contribution in [0.1, 0.15) is 48.0 Å². The zero-order valence-electron chi connectivity index (χ0n) is 14.8. The number of likely N-dealkylation sites (tertiary alicyclic amines) is 1. The minimum absolute atomic E-state index is 0.136. The second-order valence-electron chi connectivity index (χ2n) is 7.35. The van der Waals surface area contributed by atoms with Gasteiger partial charge in [0.2, 0.25) is 11.8 Å². The van der Waals surface area contributed by atoms with E-state index < -0.39 is 23.7 Å². The molecule has 1 fully saturated rings. The molecule has 1 aliphatic rings. The Morgan fingerprint density at radius 3 is 2.22 bits per heavy atom. The fourth-order valence-electron chi connectivity index (χ4n) is 2.77. The molecule has 0 aromatic heterocycles. The number of hydrogen-bond acceptors (Lipinski definition) is 4. The largest absolute Gasteiger partial charge is 0.480 e. The summed E-state index contributed by atoms with van der Waals surface area (Å²) in [7, 11) is 0. The summed E-state index contributed by atoms with van der Waals surface area (Å²) in [5.74, 6) is -1.87. The molecule has 0 unspecified atom stereocenters. The number of hydrogen-bond donors (Lipinski definition) is 2. The van der Waals surface area contributed by atoms with Gasteiger partial charge in [0, 0.05) is 19.9 Å². The first kappa shape index (κ1) is 19.4. The van der Waals surface area contributed by atoms with E-state index >= 15 is 0 Å². The number of carboxylic acid groups (broad SMARTS) is 1. The van der Waals surface area contributed by atoms with Gasteiger partial charge in [-0.25, -0.2) is 4.79 Å². The highest BCUT2D eigenvalue weighted by Crippen LogP contribution is 2.26. The molecule has 7 nitrogen and oxygen atoms in total. The number of nitrogens with one attached hydrogen (secondary N) is 1. The van der Waals surface area contributed by atoms with Crippen LogP contribution in [0.5, 0.6) is 0 Å². The Kier molecular flexibility index (Phi) is 6.16. The summed E-state index contributed by atoms with van der Waals surface area (Å²) >= 11 is 0. The summed E-state index contributed by atoms with van der Waals surface area (Å²) in [6, 6.07) is -1.66. The van der Waals surface area contributed by atoms with E-state index in [0.717, 1.165) is 0 Å². The van der Waals surface area contributed by atoms with Crippen LogP contribution in [0.15, 0.2) is 0 Å². The van der Waals surface area contributed by atoms with Crippen molar-refractivity contribution in [2.24, 2.45) is 5.92 Å². The number of carbonyl (C=O) groups excluding carboxylic acids is 2. The number of amides is 2. The van der Waals surface area contributed by atoms with Gasteiger partial charge in [-0.3, -0.25) is 9.59 Å². The van der Waals surface area contributed by atoms with Gasteiger partial charge < -0.3 is 20.1 Å². The van der Waals surface area contributed by atoms with Gasteiger partial charge in [0.15, 0.2) is 0 Å². The Labute approximate surface area is 137 Å². The van der Waals surface area contributed by atoms with Crippen molar-refractivity contribution in [1.29, 1.82) is 0 Å². The standard InChI is InChI=1S/C16H28N2O5/c1-9(2)13(17-10(3)19)14(20)18-8-11(23-16(4,5)6)7-12(18)15(21)22/h9,11-13H,7-8H2,1-6H3,(H,17,19)(H,21,22)/t11-,12+,13+/m1/s1. The number of ether oxygens (including phenoxy) is 1. The quantitative estimate of drug-likeness (QED) is 0.785. The molecule has 2 N–H and O–H groups in total. The minimum Gasteiger partial charge on any atom is -0.480 e. The van der Waals surface area contributed by atoms with E-state index in [4.69, 9.17) is 4.74 Å². The predicted molar refractivity (Wildman–Crippen MR) is 84.8 cm³/mol. The fraction of sp³-hybridized carbons (Fsp3) is 0.812. The zero-order valence-corrected chi connectivity index (χ0v) is 14.8. The van der Waals surface area contributed by atoms with Gasteiger partial charge in [0.05, 0.1) is 11.7 Å². The maximum Gasteiger partial charge on any atom is 0.326 e. The smallest absolute Gasteiger partial charge is 0.326 e. The van der Waals surface area contributed by atoms with Crippen molar-refractivity contribution in [2.75, 3.05) is 6.54 Å². The molecule has 0 aromatic rings. The molecule has 0 radical (unpaired) electrons. The minimum atomic E-state index is -1.05. The van der Waals surface area contributed by atoms with E-state index in [0.29, 0.717) is 0 Å². The molecule has 0 aliphatic carbocycles. The Bertz CT molecular complexity index is 470. The third-order valence-corrected chi connectivity index (χ3v) is 3.64. The molecule has 3 atom stereocenters. The van der Waals surface area contributed by atoms with E-state index in [1.54, 1.807) is 0 Å². The SMILES string of the molecule is CC(=O)N[C@H](C(=O)N1C[C@H](OC(C)(C)C)C[C@H]1C(=O)O)C(C)C. The van der Waals surface area contributed by atoms with Crippen molar-refractivity contribution in [3.8, 4) is 0 Å². The van der Waals surface area contributed by atoms with Crippen LogP contribution in [0.3, 0.4) is 0 Å². The van der Waals surface area contributed by atoms with Crippen LogP contribution >= 0.6 is 0 Å². The monoisotopic (exact) mass is 328 g/mol. The van der Waals surface area contributed by atoms with Crippen LogP contribution in [-0.2, 0) is 19.1 Å². The Morgan fingerprint density at radius 2 is 1.83 bits per heavy atom. The molecular weight excluding hydrogens is 300 g/mol. The van der Waals surface area contributed by atoms with Crippen LogP contribution in [0, 0.1) is 5.92 Å². The van der Waals surface area contributed by atoms with Gasteiger partial charge >= 0.3 is 5.97 Å². The van der Waals surface area contributed by atoms with Crippen LogP contribution in [-0.4, -0.2) is 58.1 Å². The van der Waals surface area contributed by atoms with E-state index in [-0.39, 0.29) is 36.8 Å². The summed E-state index contributed by atoms with van der Waals surface area (Å²) in [4.78, 5) is 36.9. The first-order chi connectivity index (χ1) is 10.4. The van der Waals surface area contributed by atoms with Gasteiger partial charge in [0.25, 0.3) is 0 Å². The first-order valence-electron chi connectivity index (χ1n) is 7.90. The van der Waals surface area contributed by atoms with Gasteiger partial charge in [-0.05, 0) is 26.7 Å². The maximum atomic E-state index is 12.7. The maximum absolute atomic E-state index is 12.7. The topological polar surface area (TPSA) is 95.9 Å². The number of rotatable bonds is 5. The fourth-order valence-corrected chi connectivity index (χ4v) is 2.77. The van der Waals surface area contributed by atoms with Crippen molar-refractivity contribution < 1.29 is 24.2 Å². The summed E-state index contributed by atoms with van der Waals surface area (Å²) in [6.07, 6.45) is -0.0753. The van der Waals surface area contributed by atoms with Gasteiger partial charge in [-0.1, -0.05) is 13.8 Å². The van der Waals surface area contributed by atoms with Crippen LogP contribution in [0.4, 0.5) is 0 Å². The van der Waals surface area contributed by atoms with Gasteiger partial charge in [-0.15, -0.1) is 0 Å². The second-order valence-corrected chi connectivity index (χ2v) is 7.35. The van der Waals surface area contributed by atoms with Crippen LogP contribution < -0.4 is 5.32 Å². The van der Waals surface area contributed by atoms with Gasteiger partial charge in [0.1, 0.15) is 12.1 Å². The molecule has 2 amide bonds. The van der Waals surface area contributed by atoms with E-state index in [1.807, 2.05) is 34.6 Å². The molecule has 7 heteroatoms. The Hall–Kier alpha value is -1.63. The van der Waals surface area contributed by atoms with Crippen molar-refractivity contribution >= 4 is 17.8 Å². The predicted octanol–water partition coefficient (Wildman–Crippen LogP) is 1.02. The Balaban J connectivity index is 2.94. The number of carbonyl (C=O) groups is 3. The first-order valence-corrected chi connectivity index (χ1v) is 7.90. The van der Waals surface area contributed by atoms with Crippen molar-refractivity contribution in [2.45, 2.75) is 71.8 Å². The number of aliphatic carboxylic acids is 1. The molecule has 0 spiro atoms. The highest BCUT2D eigenvalue weighted by Gasteiger charge is 2.43. The lowest BCUT2D eigenvalue weighted by Crippen LogP contribution is -2.53. The lowest BCUT2D eigenvalue weighted by molar-refractivity contribution is -0.149. The average molecular weight is 328 g/mol. The van der Waals surface area contributed by atoms with E-state index in [9.17, 15) is 19.5 Å². The molecule has 0 bridgehead atoms. The van der Waals surface area contributed by atoms with Crippen LogP contribution in [0.25, 0.3) is 0 Å². The highest BCUT2D eigenvalue weighted by molar-refractivity contribution is 5.90. The molecule has 1 saturated heterocycles. The van der Waals surface area contributed by atoms with E-state index in [1.165, 1.54) is 11.8 Å². The molecule has 1 aliphatic heterocycles. The summed E-state index contributed by atoms with van der Waals surface area (Å²) < 4.78 is 5.84. The lowest BCUT2D eigenvalue weighted by atomic mass is 10.0. The summed E-state index contributed by atoms with van der Waals surface area (Å²) in [5.41, 5.74) is -0.415. The Morgan fingerprint density at radius 1 is 1.26 bits per heavy atom. The zero-order chi connectivity index (χ0) is 17.9. The second kappa shape index (κ2) is 7.29. The summed E-state index contributed by atoms with van der Waals surface area (Å²) in [6.45, 7) is 10.9. The van der Waals surface area contributed by atoms with Gasteiger partial charge in [-0.2, -0.15) is 0 Å². The van der Waals surface area contributed by atoms with Crippen molar-refractivity contribution in [3.63, 3.8) is 0 Å². The number of nitrogens with zero attached hydrogens (tertiary/aromatic N) is 1. The normalized spacial score (nSPS) is 23.0. The lowest BCUT2D eigenvalue weighted by Gasteiger charge is -2.29. The van der Waals surface area contributed by atoms with Crippen molar-refractivity contribution in [1.82, 2.24) is 10.2 Å². The molecule has 132 valence electrons. The third-order valence-electron chi connectivity index (χ3n) is 3.64. The molecule has 23 heavy (non-hydrogen) atoms. The molecule has 1 heterocycles. The molecular formula is C16H28N2O5. The van der Waals surface area contributed by atoms with Crippen LogP contribution in [0.2, 0.25) is 0 Å². The van der Waals surface area contributed by atoms with E-state index in [2.05, 4.69) is 5.32 Å². The molecule has 1 rings (SSSR count). The number of carboxylic acids is 1. The average Bonchev–Trinajstić information content (AvgIpc) is 2.76. The third kappa shape index (κ3) is 5.49. The molecule has 0 saturated carbocycles. The highest BCUT2D eigenvalue weighted by atomic mass is 16.5.